The molecule has 0 unspecified atom stereocenters. The van der Waals surface area contributed by atoms with Gasteiger partial charge in [0.05, 0.1) is 0 Å². The third kappa shape index (κ3) is 8.47. The van der Waals surface area contributed by atoms with Gasteiger partial charge in [-0.05, 0) is 53.7 Å². The maximum absolute atomic E-state index is 10.8. The maximum atomic E-state index is 10.8. The van der Waals surface area contributed by atoms with Crippen molar-refractivity contribution in [1.82, 2.24) is 0 Å². The standard InChI is InChI=1S/C25H36O/c1-24(2,3)22(18-17-21-13-9-7-10-14-21)15-11-8-12-16-23(19-20-26)25(4,5)6/h8,11-13,15-20H,7,9-10,14H2,1-6H3. The minimum atomic E-state index is -0.0336. The summed E-state index contributed by atoms with van der Waals surface area (Å²) in [6.07, 6.45) is 24.8. The molecule has 1 aliphatic rings. The molecule has 1 rings (SSSR count). The highest BCUT2D eigenvalue weighted by Crippen LogP contribution is 2.28. The summed E-state index contributed by atoms with van der Waals surface area (Å²) >= 11 is 0. The Labute approximate surface area is 161 Å². The molecule has 0 radical (unpaired) electrons. The first-order valence-electron chi connectivity index (χ1n) is 9.73. The van der Waals surface area contributed by atoms with E-state index in [9.17, 15) is 4.79 Å². The number of carbonyl (C=O) groups excluding carboxylic acids is 1. The fraction of sp³-hybridized carbons (Fsp3) is 0.480. The van der Waals surface area contributed by atoms with Gasteiger partial charge in [-0.1, -0.05) is 95.7 Å². The minimum Gasteiger partial charge on any atom is -0.299 e. The van der Waals surface area contributed by atoms with Gasteiger partial charge in [0.15, 0.2) is 0 Å². The summed E-state index contributed by atoms with van der Waals surface area (Å²) in [7, 11) is 0. The van der Waals surface area contributed by atoms with Gasteiger partial charge >= 0.3 is 0 Å². The molecule has 0 heterocycles. The number of hydrogen-bond donors (Lipinski definition) is 0. The molecule has 0 bridgehead atoms. The molecule has 1 heteroatoms. The van der Waals surface area contributed by atoms with Gasteiger partial charge in [-0.25, -0.2) is 0 Å². The lowest BCUT2D eigenvalue weighted by atomic mass is 9.85. The number of carbonyl (C=O) groups is 1. The van der Waals surface area contributed by atoms with Crippen LogP contribution in [-0.4, -0.2) is 6.29 Å². The zero-order valence-electron chi connectivity index (χ0n) is 17.5. The fourth-order valence-electron chi connectivity index (χ4n) is 2.78. The molecule has 26 heavy (non-hydrogen) atoms. The van der Waals surface area contributed by atoms with Crippen molar-refractivity contribution in [3.05, 3.63) is 71.4 Å². The molecule has 1 aliphatic carbocycles. The normalized spacial score (nSPS) is 18.2. The third-order valence-electron chi connectivity index (χ3n) is 4.56. The second-order valence-electron chi connectivity index (χ2n) is 8.98. The van der Waals surface area contributed by atoms with Crippen LogP contribution >= 0.6 is 0 Å². The lowest BCUT2D eigenvalue weighted by Gasteiger charge is -2.20. The van der Waals surface area contributed by atoms with Gasteiger partial charge < -0.3 is 0 Å². The van der Waals surface area contributed by atoms with Crippen molar-refractivity contribution < 1.29 is 4.79 Å². The van der Waals surface area contributed by atoms with Crippen molar-refractivity contribution >= 4 is 6.29 Å². The third-order valence-corrected chi connectivity index (χ3v) is 4.56. The molecule has 0 amide bonds. The Hall–Kier alpha value is -1.89. The Balaban J connectivity index is 2.87. The zero-order chi connectivity index (χ0) is 19.6. The predicted molar refractivity (Wildman–Crippen MR) is 115 cm³/mol. The van der Waals surface area contributed by atoms with Crippen LogP contribution in [0.3, 0.4) is 0 Å². The van der Waals surface area contributed by atoms with E-state index in [1.165, 1.54) is 36.8 Å². The molecule has 0 spiro atoms. The summed E-state index contributed by atoms with van der Waals surface area (Å²) < 4.78 is 0. The molecule has 0 atom stereocenters. The summed E-state index contributed by atoms with van der Waals surface area (Å²) in [6, 6.07) is 0. The zero-order valence-corrected chi connectivity index (χ0v) is 17.5. The summed E-state index contributed by atoms with van der Waals surface area (Å²) in [5, 5.41) is 0. The van der Waals surface area contributed by atoms with Crippen LogP contribution in [0.2, 0.25) is 0 Å². The van der Waals surface area contributed by atoms with Crippen LogP contribution < -0.4 is 0 Å². The first-order chi connectivity index (χ1) is 12.1. The van der Waals surface area contributed by atoms with E-state index >= 15 is 0 Å². The van der Waals surface area contributed by atoms with E-state index in [-0.39, 0.29) is 10.8 Å². The van der Waals surface area contributed by atoms with Gasteiger partial charge in [-0.2, -0.15) is 0 Å². The molecular formula is C25H36O. The van der Waals surface area contributed by atoms with E-state index in [4.69, 9.17) is 0 Å². The Kier molecular flexibility index (Phi) is 8.78. The van der Waals surface area contributed by atoms with Gasteiger partial charge in [-0.15, -0.1) is 0 Å². The van der Waals surface area contributed by atoms with Crippen LogP contribution in [0, 0.1) is 10.8 Å². The van der Waals surface area contributed by atoms with Gasteiger partial charge in [0, 0.05) is 0 Å². The highest BCUT2D eigenvalue weighted by Gasteiger charge is 2.14. The van der Waals surface area contributed by atoms with Gasteiger partial charge in [0.1, 0.15) is 6.29 Å². The van der Waals surface area contributed by atoms with Crippen LogP contribution in [0.1, 0.15) is 67.2 Å². The molecule has 0 aromatic carbocycles. The van der Waals surface area contributed by atoms with Crippen LogP contribution in [0.4, 0.5) is 0 Å². The second kappa shape index (κ2) is 10.3. The summed E-state index contributed by atoms with van der Waals surface area (Å²) in [4.78, 5) is 10.8. The van der Waals surface area contributed by atoms with E-state index in [1.807, 2.05) is 18.2 Å². The lowest BCUT2D eigenvalue weighted by Crippen LogP contribution is -2.07. The maximum Gasteiger partial charge on any atom is 0.143 e. The topological polar surface area (TPSA) is 17.1 Å². The molecule has 0 aliphatic heterocycles. The molecule has 0 aromatic heterocycles. The SMILES string of the molecule is CC(C)(C)C(C=CC=CC=C(C=CC1=CCCCC1)C(C)(C)C)=CC=O. The molecule has 0 aromatic rings. The summed E-state index contributed by atoms with van der Waals surface area (Å²) in [6.45, 7) is 13.1. The average Bonchev–Trinajstić information content (AvgIpc) is 2.55. The number of rotatable bonds is 6. The van der Waals surface area contributed by atoms with Crippen LogP contribution in [0.15, 0.2) is 71.4 Å². The Morgan fingerprint density at radius 2 is 1.50 bits per heavy atom. The van der Waals surface area contributed by atoms with Crippen molar-refractivity contribution in [2.75, 3.05) is 0 Å². The highest BCUT2D eigenvalue weighted by atomic mass is 16.1. The van der Waals surface area contributed by atoms with Crippen LogP contribution in [-0.2, 0) is 4.79 Å². The van der Waals surface area contributed by atoms with Crippen molar-refractivity contribution in [3.63, 3.8) is 0 Å². The van der Waals surface area contributed by atoms with E-state index < -0.39 is 0 Å². The van der Waals surface area contributed by atoms with E-state index in [0.717, 1.165) is 11.9 Å². The largest absolute Gasteiger partial charge is 0.299 e. The number of aldehydes is 1. The van der Waals surface area contributed by atoms with Crippen LogP contribution in [0.5, 0.6) is 0 Å². The molecule has 0 N–H and O–H groups in total. The Morgan fingerprint density at radius 3 is 2.04 bits per heavy atom. The van der Waals surface area contributed by atoms with E-state index in [2.05, 4.69) is 71.9 Å². The van der Waals surface area contributed by atoms with Gasteiger partial charge in [0.25, 0.3) is 0 Å². The highest BCUT2D eigenvalue weighted by molar-refractivity contribution is 5.67. The quantitative estimate of drug-likeness (QED) is 0.278. The van der Waals surface area contributed by atoms with Gasteiger partial charge in [0.2, 0.25) is 0 Å². The minimum absolute atomic E-state index is 0.0336. The van der Waals surface area contributed by atoms with Crippen LogP contribution in [0.25, 0.3) is 0 Å². The Bertz CT molecular complexity index is 635. The predicted octanol–water partition coefficient (Wildman–Crippen LogP) is 7.30. The smallest absolute Gasteiger partial charge is 0.143 e. The van der Waals surface area contributed by atoms with E-state index in [1.54, 1.807) is 6.08 Å². The van der Waals surface area contributed by atoms with Crippen molar-refractivity contribution in [3.8, 4) is 0 Å². The molecule has 1 nitrogen and oxygen atoms in total. The van der Waals surface area contributed by atoms with E-state index in [0.29, 0.717) is 0 Å². The molecule has 0 saturated heterocycles. The number of allylic oxidation sites excluding steroid dienone is 12. The molecule has 142 valence electrons. The van der Waals surface area contributed by atoms with Gasteiger partial charge in [-0.3, -0.25) is 4.79 Å². The first kappa shape index (κ1) is 22.2. The fourth-order valence-corrected chi connectivity index (χ4v) is 2.78. The molecule has 0 fully saturated rings. The average molecular weight is 353 g/mol. The lowest BCUT2D eigenvalue weighted by molar-refractivity contribution is -0.104. The van der Waals surface area contributed by atoms with Crippen molar-refractivity contribution in [2.24, 2.45) is 10.8 Å². The summed E-state index contributed by atoms with van der Waals surface area (Å²) in [5.74, 6) is 0. The molecular weight excluding hydrogens is 316 g/mol. The monoisotopic (exact) mass is 352 g/mol. The Morgan fingerprint density at radius 1 is 0.846 bits per heavy atom. The first-order valence-corrected chi connectivity index (χ1v) is 9.73. The second-order valence-corrected chi connectivity index (χ2v) is 8.98. The number of hydrogen-bond acceptors (Lipinski definition) is 1. The van der Waals surface area contributed by atoms with Crippen molar-refractivity contribution in [2.45, 2.75) is 67.2 Å². The van der Waals surface area contributed by atoms with Crippen molar-refractivity contribution in [1.29, 1.82) is 0 Å². The molecule has 0 saturated carbocycles. The summed E-state index contributed by atoms with van der Waals surface area (Å²) in [5.41, 5.74) is 3.88.